The van der Waals surface area contributed by atoms with Gasteiger partial charge in [-0.15, -0.1) is 0 Å². The summed E-state index contributed by atoms with van der Waals surface area (Å²) in [5.41, 5.74) is 2.27. The minimum atomic E-state index is -1.12. The number of imidazole rings is 1. The number of aromatic nitrogens is 4. The number of hydrogen-bond donors (Lipinski definition) is 4. The topological polar surface area (TPSA) is 125 Å². The zero-order valence-corrected chi connectivity index (χ0v) is 18.9. The molecule has 1 aliphatic heterocycles. The van der Waals surface area contributed by atoms with Crippen LogP contribution in [-0.4, -0.2) is 69.9 Å². The van der Waals surface area contributed by atoms with E-state index in [2.05, 4.69) is 49.9 Å². The third kappa shape index (κ3) is 3.51. The third-order valence-corrected chi connectivity index (χ3v) is 9.00. The van der Waals surface area contributed by atoms with Crippen molar-refractivity contribution in [1.82, 2.24) is 24.8 Å². The fourth-order valence-corrected chi connectivity index (χ4v) is 7.13. The second-order valence-corrected chi connectivity index (χ2v) is 10.2. The van der Waals surface area contributed by atoms with E-state index in [1.807, 2.05) is 18.2 Å². The molecule has 0 spiro atoms. The van der Waals surface area contributed by atoms with Crippen LogP contribution in [0.25, 0.3) is 21.9 Å². The third-order valence-electron chi connectivity index (χ3n) is 5.70. The first kappa shape index (κ1) is 20.8. The molecular formula is C22H22N6O3Se. The normalized spacial score (nSPS) is 23.0. The van der Waals surface area contributed by atoms with E-state index in [-0.39, 0.29) is 20.9 Å². The van der Waals surface area contributed by atoms with Crippen molar-refractivity contribution in [2.24, 2.45) is 0 Å². The maximum absolute atomic E-state index is 12.1. The van der Waals surface area contributed by atoms with Gasteiger partial charge in [0.2, 0.25) is 0 Å². The van der Waals surface area contributed by atoms with Crippen LogP contribution in [0.2, 0.25) is 4.82 Å². The number of nitrogens with one attached hydrogen (secondary N) is 2. The Morgan fingerprint density at radius 1 is 1.09 bits per heavy atom. The van der Waals surface area contributed by atoms with E-state index in [1.165, 1.54) is 24.1 Å². The molecule has 4 N–H and O–H groups in total. The van der Waals surface area contributed by atoms with Crippen LogP contribution >= 0.6 is 0 Å². The SMILES string of the molecule is CNC(=O)[C@H]1[Se][C@@H](n2cnc3c(NCc4cccc5ccccc45)ncnc32)[C@H](O)[C@@H]1O. The Bertz CT molecular complexity index is 1290. The average molecular weight is 497 g/mol. The Kier molecular flexibility index (Phi) is 5.52. The predicted octanol–water partition coefficient (Wildman–Crippen LogP) is 1.06. The van der Waals surface area contributed by atoms with Gasteiger partial charge in [-0.25, -0.2) is 0 Å². The number of hydrogen-bond acceptors (Lipinski definition) is 7. The zero-order valence-electron chi connectivity index (χ0n) is 17.2. The van der Waals surface area contributed by atoms with Crippen molar-refractivity contribution >= 4 is 48.6 Å². The summed E-state index contributed by atoms with van der Waals surface area (Å²) in [6.45, 7) is 0.563. The molecule has 1 amide bonds. The molecular weight excluding hydrogens is 475 g/mol. The van der Waals surface area contributed by atoms with Gasteiger partial charge in [0.15, 0.2) is 0 Å². The van der Waals surface area contributed by atoms with Gasteiger partial charge in [-0.2, -0.15) is 0 Å². The number of fused-ring (bicyclic) bond motifs is 2. The summed E-state index contributed by atoms with van der Waals surface area (Å²) in [5.74, 6) is 0.320. The Morgan fingerprint density at radius 3 is 2.75 bits per heavy atom. The molecule has 164 valence electrons. The van der Waals surface area contributed by atoms with Crippen LogP contribution in [0.5, 0.6) is 0 Å². The van der Waals surface area contributed by atoms with Crippen molar-refractivity contribution in [3.05, 3.63) is 60.7 Å². The fraction of sp³-hybridized carbons (Fsp3) is 0.273. The molecule has 4 atom stereocenters. The first-order chi connectivity index (χ1) is 15.6. The van der Waals surface area contributed by atoms with E-state index < -0.39 is 22.0 Å². The molecule has 5 rings (SSSR count). The molecule has 0 bridgehead atoms. The first-order valence-electron chi connectivity index (χ1n) is 10.2. The van der Waals surface area contributed by atoms with Crippen molar-refractivity contribution < 1.29 is 15.0 Å². The van der Waals surface area contributed by atoms with Gasteiger partial charge in [0.1, 0.15) is 0 Å². The van der Waals surface area contributed by atoms with Gasteiger partial charge < -0.3 is 0 Å². The van der Waals surface area contributed by atoms with Crippen LogP contribution in [0, 0.1) is 0 Å². The molecule has 9 nitrogen and oxygen atoms in total. The molecule has 10 heteroatoms. The molecule has 2 aromatic heterocycles. The second-order valence-electron chi connectivity index (χ2n) is 7.58. The van der Waals surface area contributed by atoms with E-state index in [4.69, 9.17) is 0 Å². The standard InChI is InChI=1S/C22H22N6O3Se/c1-23-21(31)18-16(29)17(30)22(32-18)28-11-27-15-19(25-10-26-20(15)28)24-9-13-7-4-6-12-5-2-3-8-14(12)13/h2-8,10-11,16-18,22,29-30H,9H2,1H3,(H,23,31)(H,24,25,26)/t16-,17+,18-,22+/m0/s1. The average Bonchev–Trinajstić information content (AvgIpc) is 3.38. The second kappa shape index (κ2) is 8.48. The number of amides is 1. The van der Waals surface area contributed by atoms with Gasteiger partial charge in [-0.05, 0) is 0 Å². The summed E-state index contributed by atoms with van der Waals surface area (Å²) in [6, 6.07) is 14.4. The molecule has 1 saturated heterocycles. The van der Waals surface area contributed by atoms with Gasteiger partial charge in [-0.1, -0.05) is 0 Å². The summed E-state index contributed by atoms with van der Waals surface area (Å²) in [7, 11) is 1.53. The van der Waals surface area contributed by atoms with E-state index in [9.17, 15) is 15.0 Å². The number of aliphatic hydroxyl groups is 2. The number of benzene rings is 2. The molecule has 0 unspecified atom stereocenters. The van der Waals surface area contributed by atoms with Crippen molar-refractivity contribution in [2.45, 2.75) is 28.5 Å². The van der Waals surface area contributed by atoms with E-state index in [0.717, 1.165) is 5.56 Å². The summed E-state index contributed by atoms with van der Waals surface area (Å²) < 4.78 is 1.75. The van der Waals surface area contributed by atoms with Gasteiger partial charge >= 0.3 is 190 Å². The molecule has 0 saturated carbocycles. The molecule has 1 aliphatic rings. The van der Waals surface area contributed by atoms with Crippen LogP contribution in [0.15, 0.2) is 55.1 Å². The van der Waals surface area contributed by atoms with Crippen LogP contribution in [-0.2, 0) is 11.3 Å². The molecule has 4 aromatic rings. The van der Waals surface area contributed by atoms with Gasteiger partial charge in [0.05, 0.1) is 0 Å². The van der Waals surface area contributed by atoms with Gasteiger partial charge in [0, 0.05) is 0 Å². The summed E-state index contributed by atoms with van der Waals surface area (Å²) in [6.07, 6.45) is 0.851. The van der Waals surface area contributed by atoms with Crippen LogP contribution < -0.4 is 10.6 Å². The number of carbonyl (C=O) groups is 1. The minimum absolute atomic E-state index is 0.268. The van der Waals surface area contributed by atoms with Gasteiger partial charge in [-0.3, -0.25) is 0 Å². The molecule has 0 aliphatic carbocycles. The number of carbonyl (C=O) groups excluding carboxylic acids is 1. The number of nitrogens with zero attached hydrogens (tertiary/aromatic N) is 4. The first-order valence-corrected chi connectivity index (χ1v) is 12.2. The molecule has 2 aromatic carbocycles. The van der Waals surface area contributed by atoms with Crippen molar-refractivity contribution in [3.63, 3.8) is 0 Å². The Balaban J connectivity index is 1.43. The molecule has 0 radical (unpaired) electrons. The molecule has 32 heavy (non-hydrogen) atoms. The van der Waals surface area contributed by atoms with Crippen molar-refractivity contribution in [3.8, 4) is 0 Å². The number of rotatable bonds is 5. The van der Waals surface area contributed by atoms with Crippen LogP contribution in [0.1, 0.15) is 10.5 Å². The quantitative estimate of drug-likeness (QED) is 0.304. The Hall–Kier alpha value is -3.04. The fourth-order valence-electron chi connectivity index (χ4n) is 4.04. The summed E-state index contributed by atoms with van der Waals surface area (Å²) in [4.78, 5) is 24.2. The maximum atomic E-state index is 12.1. The molecule has 1 fully saturated rings. The monoisotopic (exact) mass is 498 g/mol. The van der Waals surface area contributed by atoms with Crippen molar-refractivity contribution in [1.29, 1.82) is 0 Å². The van der Waals surface area contributed by atoms with Crippen LogP contribution in [0.4, 0.5) is 5.82 Å². The summed E-state index contributed by atoms with van der Waals surface area (Å²) >= 11 is -0.381. The van der Waals surface area contributed by atoms with Crippen molar-refractivity contribution in [2.75, 3.05) is 12.4 Å². The predicted molar refractivity (Wildman–Crippen MR) is 121 cm³/mol. The van der Waals surface area contributed by atoms with Gasteiger partial charge in [0.25, 0.3) is 0 Å². The summed E-state index contributed by atoms with van der Waals surface area (Å²) in [5, 5.41) is 29.2. The number of aliphatic hydroxyl groups excluding tert-OH is 2. The molecule has 3 heterocycles. The van der Waals surface area contributed by atoms with E-state index >= 15 is 0 Å². The Labute approximate surface area is 190 Å². The van der Waals surface area contributed by atoms with E-state index in [0.29, 0.717) is 23.5 Å². The number of anilines is 1. The zero-order chi connectivity index (χ0) is 22.2. The van der Waals surface area contributed by atoms with Crippen LogP contribution in [0.3, 0.4) is 0 Å². The Morgan fingerprint density at radius 2 is 1.91 bits per heavy atom. The van der Waals surface area contributed by atoms with E-state index in [1.54, 1.807) is 10.9 Å².